The smallest absolute Gasteiger partial charge is 0.411 e. The number of hydrogen-bond donors (Lipinski definition) is 0. The zero-order valence-electron chi connectivity index (χ0n) is 13.1. The Labute approximate surface area is 154 Å². The van der Waals surface area contributed by atoms with Gasteiger partial charge in [0.25, 0.3) is 11.1 Å². The van der Waals surface area contributed by atoms with Gasteiger partial charge in [-0.1, -0.05) is 29.4 Å². The van der Waals surface area contributed by atoms with Crippen LogP contribution in [0.25, 0.3) is 11.5 Å². The van der Waals surface area contributed by atoms with Crippen molar-refractivity contribution < 1.29 is 22.0 Å². The number of alkyl halides is 3. The van der Waals surface area contributed by atoms with Gasteiger partial charge in [-0.15, -0.1) is 10.2 Å². The summed E-state index contributed by atoms with van der Waals surface area (Å²) in [5, 5.41) is 8.04. The lowest BCUT2D eigenvalue weighted by Crippen LogP contribution is -2.08. The Bertz CT molecular complexity index is 925. The van der Waals surface area contributed by atoms with Crippen LogP contribution in [-0.4, -0.2) is 15.2 Å². The quantitative estimate of drug-likeness (QED) is 0.422. The Morgan fingerprint density at radius 2 is 1.92 bits per heavy atom. The standard InChI is InChI=1S/C16H10ClF4N3OS/c1-8-9(5-6-13(22-8)16(19,20)21)14-23-24-15(25-14)26-7-10-11(17)3-2-4-12(10)18/h2-6H,7H2,1H3. The van der Waals surface area contributed by atoms with E-state index in [0.717, 1.165) is 17.8 Å². The molecular formula is C16H10ClF4N3OS. The van der Waals surface area contributed by atoms with E-state index in [1.54, 1.807) is 6.07 Å². The SMILES string of the molecule is Cc1nc(C(F)(F)F)ccc1-c1nnc(SCc2c(F)cccc2Cl)o1. The average Bonchev–Trinajstić information content (AvgIpc) is 3.02. The number of thioether (sulfide) groups is 1. The van der Waals surface area contributed by atoms with Crippen molar-refractivity contribution in [2.45, 2.75) is 24.1 Å². The highest BCUT2D eigenvalue weighted by molar-refractivity contribution is 7.98. The second kappa shape index (κ2) is 7.24. The third-order valence-corrected chi connectivity index (χ3v) is 4.61. The third kappa shape index (κ3) is 3.99. The highest BCUT2D eigenvalue weighted by Gasteiger charge is 2.33. The molecule has 0 fully saturated rings. The van der Waals surface area contributed by atoms with E-state index >= 15 is 0 Å². The van der Waals surface area contributed by atoms with Gasteiger partial charge in [-0.2, -0.15) is 13.2 Å². The average molecular weight is 404 g/mol. The zero-order chi connectivity index (χ0) is 18.9. The number of aryl methyl sites for hydroxylation is 1. The second-order valence-electron chi connectivity index (χ2n) is 5.19. The summed E-state index contributed by atoms with van der Waals surface area (Å²) in [6, 6.07) is 6.42. The van der Waals surface area contributed by atoms with E-state index in [0.29, 0.717) is 11.1 Å². The topological polar surface area (TPSA) is 51.8 Å². The van der Waals surface area contributed by atoms with Crippen LogP contribution in [0.1, 0.15) is 17.0 Å². The predicted molar refractivity (Wildman–Crippen MR) is 88.2 cm³/mol. The summed E-state index contributed by atoms with van der Waals surface area (Å²) in [5.41, 5.74) is -0.299. The maximum absolute atomic E-state index is 13.7. The number of benzene rings is 1. The van der Waals surface area contributed by atoms with Gasteiger partial charge >= 0.3 is 6.18 Å². The van der Waals surface area contributed by atoms with Gasteiger partial charge in [-0.05, 0) is 31.2 Å². The molecule has 3 rings (SSSR count). The molecule has 0 aliphatic heterocycles. The maximum Gasteiger partial charge on any atom is 0.433 e. The molecule has 0 amide bonds. The summed E-state index contributed by atoms with van der Waals surface area (Å²) in [6.07, 6.45) is -4.53. The first-order valence-corrected chi connectivity index (χ1v) is 8.56. The van der Waals surface area contributed by atoms with Gasteiger partial charge in [0.15, 0.2) is 0 Å². The van der Waals surface area contributed by atoms with Crippen LogP contribution < -0.4 is 0 Å². The molecule has 2 heterocycles. The van der Waals surface area contributed by atoms with Gasteiger partial charge in [-0.3, -0.25) is 0 Å². The molecule has 4 nitrogen and oxygen atoms in total. The highest BCUT2D eigenvalue weighted by atomic mass is 35.5. The van der Waals surface area contributed by atoms with E-state index in [1.807, 2.05) is 0 Å². The first-order chi connectivity index (χ1) is 12.3. The Balaban J connectivity index is 1.78. The Hall–Kier alpha value is -2.13. The number of halogens is 5. The molecule has 0 saturated heterocycles. The largest absolute Gasteiger partial charge is 0.433 e. The number of aromatic nitrogens is 3. The normalized spacial score (nSPS) is 11.8. The van der Waals surface area contributed by atoms with Crippen LogP contribution in [0.3, 0.4) is 0 Å². The van der Waals surface area contributed by atoms with Crippen molar-refractivity contribution >= 4 is 23.4 Å². The summed E-state index contributed by atoms with van der Waals surface area (Å²) in [7, 11) is 0. The predicted octanol–water partition coefficient (Wildman–Crippen LogP) is 5.54. The number of pyridine rings is 1. The third-order valence-electron chi connectivity index (χ3n) is 3.41. The van der Waals surface area contributed by atoms with Crippen LogP contribution in [0.5, 0.6) is 0 Å². The number of rotatable bonds is 4. The molecule has 0 spiro atoms. The number of hydrogen-bond acceptors (Lipinski definition) is 5. The van der Waals surface area contributed by atoms with Crippen molar-refractivity contribution in [1.82, 2.24) is 15.2 Å². The lowest BCUT2D eigenvalue weighted by molar-refractivity contribution is -0.141. The van der Waals surface area contributed by atoms with E-state index in [-0.39, 0.29) is 27.6 Å². The van der Waals surface area contributed by atoms with E-state index in [1.165, 1.54) is 25.1 Å². The second-order valence-corrected chi connectivity index (χ2v) is 6.52. The summed E-state index contributed by atoms with van der Waals surface area (Å²) in [5.74, 6) is -0.254. The molecule has 0 radical (unpaired) electrons. The molecule has 0 unspecified atom stereocenters. The Morgan fingerprint density at radius 3 is 2.58 bits per heavy atom. The van der Waals surface area contributed by atoms with Crippen LogP contribution in [0.4, 0.5) is 17.6 Å². The van der Waals surface area contributed by atoms with Crippen molar-refractivity contribution in [1.29, 1.82) is 0 Å². The van der Waals surface area contributed by atoms with Crippen molar-refractivity contribution in [2.75, 3.05) is 0 Å². The monoisotopic (exact) mass is 403 g/mol. The van der Waals surface area contributed by atoms with E-state index in [2.05, 4.69) is 15.2 Å². The minimum Gasteiger partial charge on any atom is -0.411 e. The molecule has 10 heteroatoms. The van der Waals surface area contributed by atoms with Gasteiger partial charge in [0.1, 0.15) is 11.5 Å². The highest BCUT2D eigenvalue weighted by Crippen LogP contribution is 2.32. The van der Waals surface area contributed by atoms with E-state index in [9.17, 15) is 17.6 Å². The van der Waals surface area contributed by atoms with Gasteiger partial charge < -0.3 is 4.42 Å². The molecule has 1 aromatic carbocycles. The van der Waals surface area contributed by atoms with Crippen LogP contribution in [0, 0.1) is 12.7 Å². The fourth-order valence-electron chi connectivity index (χ4n) is 2.13. The first kappa shape index (κ1) is 18.7. The molecule has 0 aliphatic carbocycles. The molecule has 0 aliphatic rings. The Morgan fingerprint density at radius 1 is 1.15 bits per heavy atom. The van der Waals surface area contributed by atoms with E-state index in [4.69, 9.17) is 16.0 Å². The van der Waals surface area contributed by atoms with Gasteiger partial charge in [0, 0.05) is 16.3 Å². The van der Waals surface area contributed by atoms with E-state index < -0.39 is 17.7 Å². The molecule has 0 N–H and O–H groups in total. The van der Waals surface area contributed by atoms with Crippen molar-refractivity contribution in [3.8, 4) is 11.5 Å². The molecule has 0 saturated carbocycles. The lowest BCUT2D eigenvalue weighted by Gasteiger charge is -2.07. The minimum atomic E-state index is -4.53. The molecule has 136 valence electrons. The molecule has 0 atom stereocenters. The maximum atomic E-state index is 13.7. The summed E-state index contributed by atoms with van der Waals surface area (Å²) >= 11 is 7.01. The molecule has 26 heavy (non-hydrogen) atoms. The Kier molecular flexibility index (Phi) is 5.19. The van der Waals surface area contributed by atoms with Crippen LogP contribution in [0.15, 0.2) is 40.0 Å². The molecular weight excluding hydrogens is 394 g/mol. The zero-order valence-corrected chi connectivity index (χ0v) is 14.7. The fraction of sp³-hybridized carbons (Fsp3) is 0.188. The van der Waals surface area contributed by atoms with Gasteiger partial charge in [0.2, 0.25) is 0 Å². The van der Waals surface area contributed by atoms with Gasteiger partial charge in [0.05, 0.1) is 11.3 Å². The minimum absolute atomic E-state index is 0.0332. The van der Waals surface area contributed by atoms with Crippen molar-refractivity contribution in [2.24, 2.45) is 0 Å². The summed E-state index contributed by atoms with van der Waals surface area (Å²) in [4.78, 5) is 3.52. The van der Waals surface area contributed by atoms with Gasteiger partial charge in [-0.25, -0.2) is 9.37 Å². The first-order valence-electron chi connectivity index (χ1n) is 7.20. The van der Waals surface area contributed by atoms with Crippen molar-refractivity contribution in [3.05, 3.63) is 58.1 Å². The molecule has 0 bridgehead atoms. The molecule has 2 aromatic heterocycles. The summed E-state index contributed by atoms with van der Waals surface area (Å²) < 4.78 is 57.2. The summed E-state index contributed by atoms with van der Waals surface area (Å²) in [6.45, 7) is 1.42. The van der Waals surface area contributed by atoms with Crippen LogP contribution >= 0.6 is 23.4 Å². The van der Waals surface area contributed by atoms with Crippen molar-refractivity contribution in [3.63, 3.8) is 0 Å². The molecule has 3 aromatic rings. The lowest BCUT2D eigenvalue weighted by atomic mass is 10.2. The number of nitrogens with zero attached hydrogens (tertiary/aromatic N) is 3. The van der Waals surface area contributed by atoms with Crippen LogP contribution in [0.2, 0.25) is 5.02 Å². The van der Waals surface area contributed by atoms with Crippen LogP contribution in [-0.2, 0) is 11.9 Å². The fourth-order valence-corrected chi connectivity index (χ4v) is 3.23.